The van der Waals surface area contributed by atoms with Gasteiger partial charge in [-0.2, -0.15) is 0 Å². The lowest BCUT2D eigenvalue weighted by Crippen LogP contribution is -2.42. The number of thiophene rings is 1. The Morgan fingerprint density at radius 2 is 1.35 bits per heavy atom. The molecule has 2 heterocycles. The summed E-state index contributed by atoms with van der Waals surface area (Å²) in [5.74, 6) is 0.106. The number of nitrogens with one attached hydrogen (secondary N) is 1. The molecule has 160 valence electrons. The minimum Gasteiger partial charge on any atom is -0.362 e. The molecule has 2 aromatic rings. The summed E-state index contributed by atoms with van der Waals surface area (Å²) in [4.78, 5) is 28.1. The van der Waals surface area contributed by atoms with E-state index in [9.17, 15) is 9.59 Å². The van der Waals surface area contributed by atoms with E-state index in [0.29, 0.717) is 12.8 Å². The average Bonchev–Trinajstić information content (AvgIpc) is 3.14. The highest BCUT2D eigenvalue weighted by Crippen LogP contribution is 2.53. The standard InChI is InChI=1S/C27H29NO2S/c1-26(2)12-18-22(20(29)14-26)24(23-19(28-18)13-27(3,4)15-21(23)30)25-17(10-11-31-25)16-8-6-5-7-9-16/h5-11,24,28H,12-15H2,1-4H3. The topological polar surface area (TPSA) is 46.2 Å². The van der Waals surface area contributed by atoms with E-state index in [2.05, 4.69) is 56.6 Å². The van der Waals surface area contributed by atoms with Gasteiger partial charge in [0.2, 0.25) is 0 Å². The van der Waals surface area contributed by atoms with Gasteiger partial charge >= 0.3 is 0 Å². The van der Waals surface area contributed by atoms with Gasteiger partial charge in [0.15, 0.2) is 11.6 Å². The SMILES string of the molecule is CC1(C)CC(=O)C2=C(C1)NC1=C(C(=O)CC(C)(C)C1)C2c1sccc1-c1ccccc1. The van der Waals surface area contributed by atoms with Crippen molar-refractivity contribution >= 4 is 22.9 Å². The second-order valence-electron chi connectivity index (χ2n) is 10.8. The fraction of sp³-hybridized carbons (Fsp3) is 0.407. The molecule has 0 radical (unpaired) electrons. The highest BCUT2D eigenvalue weighted by Gasteiger charge is 2.47. The van der Waals surface area contributed by atoms with Crippen LogP contribution in [0.25, 0.3) is 11.1 Å². The van der Waals surface area contributed by atoms with Gasteiger partial charge in [0.25, 0.3) is 0 Å². The molecule has 0 spiro atoms. The van der Waals surface area contributed by atoms with Crippen molar-refractivity contribution in [3.05, 3.63) is 69.2 Å². The van der Waals surface area contributed by atoms with Crippen LogP contribution in [0.15, 0.2) is 64.3 Å². The van der Waals surface area contributed by atoms with Crippen molar-refractivity contribution < 1.29 is 9.59 Å². The molecule has 1 aromatic heterocycles. The predicted octanol–water partition coefficient (Wildman–Crippen LogP) is 6.39. The van der Waals surface area contributed by atoms with E-state index in [0.717, 1.165) is 51.4 Å². The number of benzene rings is 1. The summed E-state index contributed by atoms with van der Waals surface area (Å²) >= 11 is 1.67. The van der Waals surface area contributed by atoms with Crippen molar-refractivity contribution in [3.63, 3.8) is 0 Å². The van der Waals surface area contributed by atoms with E-state index in [1.54, 1.807) is 11.3 Å². The van der Waals surface area contributed by atoms with Gasteiger partial charge < -0.3 is 5.32 Å². The molecule has 1 aliphatic heterocycles. The van der Waals surface area contributed by atoms with Crippen LogP contribution in [0, 0.1) is 10.8 Å². The first-order chi connectivity index (χ1) is 14.7. The molecule has 2 aliphatic carbocycles. The van der Waals surface area contributed by atoms with Crippen molar-refractivity contribution in [3.8, 4) is 11.1 Å². The van der Waals surface area contributed by atoms with Gasteiger partial charge in [-0.1, -0.05) is 58.0 Å². The highest BCUT2D eigenvalue weighted by molar-refractivity contribution is 7.10. The molecule has 4 heteroatoms. The van der Waals surface area contributed by atoms with E-state index in [1.165, 1.54) is 0 Å². The first-order valence-corrected chi connectivity index (χ1v) is 12.0. The Labute approximate surface area is 188 Å². The first-order valence-electron chi connectivity index (χ1n) is 11.1. The van der Waals surface area contributed by atoms with E-state index < -0.39 is 0 Å². The summed E-state index contributed by atoms with van der Waals surface area (Å²) < 4.78 is 0. The van der Waals surface area contributed by atoms with Gasteiger partial charge in [-0.05, 0) is 46.2 Å². The van der Waals surface area contributed by atoms with Crippen molar-refractivity contribution in [1.29, 1.82) is 0 Å². The maximum absolute atomic E-state index is 13.5. The monoisotopic (exact) mass is 431 g/mol. The number of carbonyl (C=O) groups is 2. The third-order valence-electron chi connectivity index (χ3n) is 6.76. The summed E-state index contributed by atoms with van der Waals surface area (Å²) in [5.41, 5.74) is 5.83. The van der Waals surface area contributed by atoms with Gasteiger partial charge in [-0.25, -0.2) is 0 Å². The number of ketones is 2. The van der Waals surface area contributed by atoms with Crippen LogP contribution < -0.4 is 5.32 Å². The number of hydrogen-bond donors (Lipinski definition) is 1. The zero-order valence-electron chi connectivity index (χ0n) is 18.7. The van der Waals surface area contributed by atoms with Crippen LogP contribution in [0.5, 0.6) is 0 Å². The fourth-order valence-corrected chi connectivity index (χ4v) is 6.59. The number of carbonyl (C=O) groups excluding carboxylic acids is 2. The Hall–Kier alpha value is -2.46. The Kier molecular flexibility index (Phi) is 4.63. The van der Waals surface area contributed by atoms with Crippen molar-refractivity contribution in [2.45, 2.75) is 59.3 Å². The molecular formula is C27H29NO2S. The molecule has 31 heavy (non-hydrogen) atoms. The lowest BCUT2D eigenvalue weighted by atomic mass is 9.65. The number of rotatable bonds is 2. The minimum atomic E-state index is -0.256. The summed E-state index contributed by atoms with van der Waals surface area (Å²) in [6, 6.07) is 12.4. The highest BCUT2D eigenvalue weighted by atomic mass is 32.1. The van der Waals surface area contributed by atoms with Crippen LogP contribution in [-0.2, 0) is 9.59 Å². The third kappa shape index (κ3) is 3.51. The van der Waals surface area contributed by atoms with E-state index in [1.807, 2.05) is 18.2 Å². The Bertz CT molecular complexity index is 1090. The molecule has 5 rings (SSSR count). The number of hydrogen-bond acceptors (Lipinski definition) is 4. The maximum Gasteiger partial charge on any atom is 0.162 e. The van der Waals surface area contributed by atoms with Gasteiger partial charge in [-0.15, -0.1) is 11.3 Å². The summed E-state index contributed by atoms with van der Waals surface area (Å²) in [6.07, 6.45) is 2.72. The van der Waals surface area contributed by atoms with Crippen LogP contribution in [0.2, 0.25) is 0 Å². The van der Waals surface area contributed by atoms with Gasteiger partial charge in [0.05, 0.1) is 5.92 Å². The molecule has 3 aliphatic rings. The smallest absolute Gasteiger partial charge is 0.162 e. The lowest BCUT2D eigenvalue weighted by molar-refractivity contribution is -0.119. The molecule has 0 atom stereocenters. The third-order valence-corrected chi connectivity index (χ3v) is 7.74. The first kappa shape index (κ1) is 20.4. The van der Waals surface area contributed by atoms with Crippen molar-refractivity contribution in [2.75, 3.05) is 0 Å². The number of Topliss-reactive ketones (excluding diaryl/α,β-unsaturated/α-hetero) is 2. The molecule has 1 N–H and O–H groups in total. The summed E-state index contributed by atoms with van der Waals surface area (Å²) in [5, 5.41) is 5.69. The van der Waals surface area contributed by atoms with Crippen LogP contribution in [0.3, 0.4) is 0 Å². The molecule has 0 unspecified atom stereocenters. The molecular weight excluding hydrogens is 402 g/mol. The summed E-state index contributed by atoms with van der Waals surface area (Å²) in [7, 11) is 0. The largest absolute Gasteiger partial charge is 0.362 e. The number of dihydropyridines is 1. The molecule has 0 saturated carbocycles. The van der Waals surface area contributed by atoms with Crippen LogP contribution in [0.4, 0.5) is 0 Å². The summed E-state index contributed by atoms with van der Waals surface area (Å²) in [6.45, 7) is 8.63. The van der Waals surface area contributed by atoms with Gasteiger partial charge in [-0.3, -0.25) is 9.59 Å². The molecule has 0 fully saturated rings. The van der Waals surface area contributed by atoms with E-state index in [4.69, 9.17) is 0 Å². The molecule has 0 saturated heterocycles. The maximum atomic E-state index is 13.5. The van der Waals surface area contributed by atoms with Gasteiger partial charge in [0, 0.05) is 40.3 Å². The lowest BCUT2D eigenvalue weighted by Gasteiger charge is -2.43. The molecule has 0 bridgehead atoms. The van der Waals surface area contributed by atoms with Crippen LogP contribution in [0.1, 0.15) is 64.2 Å². The Balaban J connectivity index is 1.73. The number of allylic oxidation sites excluding steroid dienone is 4. The zero-order chi connectivity index (χ0) is 22.0. The molecule has 0 amide bonds. The molecule has 3 nitrogen and oxygen atoms in total. The predicted molar refractivity (Wildman–Crippen MR) is 126 cm³/mol. The Morgan fingerprint density at radius 3 is 1.90 bits per heavy atom. The second-order valence-corrected chi connectivity index (χ2v) is 11.7. The van der Waals surface area contributed by atoms with Crippen molar-refractivity contribution in [2.24, 2.45) is 10.8 Å². The van der Waals surface area contributed by atoms with Crippen molar-refractivity contribution in [1.82, 2.24) is 5.32 Å². The minimum absolute atomic E-state index is 0.0720. The van der Waals surface area contributed by atoms with Crippen LogP contribution >= 0.6 is 11.3 Å². The van der Waals surface area contributed by atoms with E-state index in [-0.39, 0.29) is 28.3 Å². The quantitative estimate of drug-likeness (QED) is 0.599. The van der Waals surface area contributed by atoms with E-state index >= 15 is 0 Å². The fourth-order valence-electron chi connectivity index (χ4n) is 5.55. The molecule has 1 aromatic carbocycles. The average molecular weight is 432 g/mol. The van der Waals surface area contributed by atoms with Crippen LogP contribution in [-0.4, -0.2) is 11.6 Å². The Morgan fingerprint density at radius 1 is 0.806 bits per heavy atom. The normalized spacial score (nSPS) is 22.8. The zero-order valence-corrected chi connectivity index (χ0v) is 19.5. The second kappa shape index (κ2) is 7.03. The van der Waals surface area contributed by atoms with Gasteiger partial charge in [0.1, 0.15) is 0 Å².